The highest BCUT2D eigenvalue weighted by molar-refractivity contribution is 5.95. The topological polar surface area (TPSA) is 52.8 Å². The lowest BCUT2D eigenvalue weighted by molar-refractivity contribution is 0.0636. The smallest absolute Gasteiger partial charge is 0.254 e. The van der Waals surface area contributed by atoms with Crippen LogP contribution >= 0.6 is 0 Å². The number of carbonyl (C=O) groups is 1. The first kappa shape index (κ1) is 15.8. The largest absolute Gasteiger partial charge is 0.378 e. The third-order valence-electron chi connectivity index (χ3n) is 3.95. The van der Waals surface area contributed by atoms with Crippen molar-refractivity contribution in [3.8, 4) is 0 Å². The Balaban J connectivity index is 1.94. The molecule has 0 aromatic heterocycles. The molecule has 0 unspecified atom stereocenters. The van der Waals surface area contributed by atoms with Crippen molar-refractivity contribution in [3.63, 3.8) is 0 Å². The number of anilines is 1. The zero-order chi connectivity index (χ0) is 15.2. The van der Waals surface area contributed by atoms with Crippen LogP contribution in [0, 0.1) is 0 Å². The molecule has 1 heterocycles. The molecule has 2 N–H and O–H groups in total. The molecule has 1 aromatic rings. The van der Waals surface area contributed by atoms with Crippen molar-refractivity contribution in [2.24, 2.45) is 5.73 Å². The van der Waals surface area contributed by atoms with Gasteiger partial charge in [0.25, 0.3) is 5.91 Å². The van der Waals surface area contributed by atoms with Gasteiger partial charge in [0.1, 0.15) is 0 Å². The van der Waals surface area contributed by atoms with E-state index in [1.807, 2.05) is 48.2 Å². The van der Waals surface area contributed by atoms with Gasteiger partial charge in [-0.15, -0.1) is 0 Å². The van der Waals surface area contributed by atoms with E-state index in [2.05, 4.69) is 4.90 Å². The Kier molecular flexibility index (Phi) is 5.59. The first-order valence-electron chi connectivity index (χ1n) is 7.61. The van der Waals surface area contributed by atoms with Gasteiger partial charge in [-0.1, -0.05) is 6.07 Å². The molecule has 0 bridgehead atoms. The molecule has 0 radical (unpaired) electrons. The summed E-state index contributed by atoms with van der Waals surface area (Å²) in [5.41, 5.74) is 7.37. The lowest BCUT2D eigenvalue weighted by Gasteiger charge is -2.34. The number of amides is 1. The zero-order valence-corrected chi connectivity index (χ0v) is 13.1. The number of hydrogen-bond donors (Lipinski definition) is 1. The molecule has 0 saturated carbocycles. The molecule has 0 aliphatic carbocycles. The van der Waals surface area contributed by atoms with E-state index in [0.717, 1.165) is 56.9 Å². The summed E-state index contributed by atoms with van der Waals surface area (Å²) in [5.74, 6) is 0.136. The predicted octanol–water partition coefficient (Wildman–Crippen LogP) is 0.859. The number of rotatable bonds is 5. The van der Waals surface area contributed by atoms with Gasteiger partial charge >= 0.3 is 0 Å². The van der Waals surface area contributed by atoms with E-state index in [0.29, 0.717) is 0 Å². The number of piperazine rings is 1. The van der Waals surface area contributed by atoms with Gasteiger partial charge in [0.2, 0.25) is 0 Å². The van der Waals surface area contributed by atoms with Gasteiger partial charge in [-0.3, -0.25) is 9.69 Å². The monoisotopic (exact) mass is 290 g/mol. The maximum absolute atomic E-state index is 12.6. The molecule has 1 fully saturated rings. The van der Waals surface area contributed by atoms with Crippen molar-refractivity contribution in [1.29, 1.82) is 0 Å². The Morgan fingerprint density at radius 3 is 2.57 bits per heavy atom. The molecular formula is C16H26N4O. The normalized spacial score (nSPS) is 16.0. The van der Waals surface area contributed by atoms with Crippen LogP contribution in [0.15, 0.2) is 24.3 Å². The number of carbonyl (C=O) groups excluding carboxylic acids is 1. The molecular weight excluding hydrogens is 264 g/mol. The maximum Gasteiger partial charge on any atom is 0.254 e. The van der Waals surface area contributed by atoms with E-state index >= 15 is 0 Å². The Bertz CT molecular complexity index is 467. The third kappa shape index (κ3) is 4.19. The second-order valence-electron chi connectivity index (χ2n) is 5.72. The molecule has 21 heavy (non-hydrogen) atoms. The summed E-state index contributed by atoms with van der Waals surface area (Å²) in [6.07, 6.45) is 1.03. The summed E-state index contributed by atoms with van der Waals surface area (Å²) in [7, 11) is 3.97. The third-order valence-corrected chi connectivity index (χ3v) is 3.95. The molecule has 0 spiro atoms. The molecule has 2 rings (SSSR count). The SMILES string of the molecule is CN(C)c1cccc(C(=O)N2CCN(CCCN)CC2)c1. The molecule has 1 aliphatic heterocycles. The number of benzene rings is 1. The lowest BCUT2D eigenvalue weighted by atomic mass is 10.1. The van der Waals surface area contributed by atoms with Crippen molar-refractivity contribution in [3.05, 3.63) is 29.8 Å². The summed E-state index contributed by atoms with van der Waals surface area (Å²) in [6.45, 7) is 5.26. The van der Waals surface area contributed by atoms with Crippen LogP contribution in [-0.2, 0) is 0 Å². The molecule has 5 nitrogen and oxygen atoms in total. The van der Waals surface area contributed by atoms with Gasteiger partial charge in [-0.2, -0.15) is 0 Å². The van der Waals surface area contributed by atoms with Crippen molar-refractivity contribution >= 4 is 11.6 Å². The fourth-order valence-electron chi connectivity index (χ4n) is 2.59. The van der Waals surface area contributed by atoms with Crippen molar-refractivity contribution in [2.45, 2.75) is 6.42 Å². The van der Waals surface area contributed by atoms with Crippen LogP contribution in [0.3, 0.4) is 0 Å². The van der Waals surface area contributed by atoms with Gasteiger partial charge in [0.05, 0.1) is 0 Å². The molecule has 5 heteroatoms. The molecule has 1 amide bonds. The fourth-order valence-corrected chi connectivity index (χ4v) is 2.59. The Hall–Kier alpha value is -1.59. The van der Waals surface area contributed by atoms with Crippen molar-refractivity contribution < 1.29 is 4.79 Å². The Labute approximate surface area is 127 Å². The number of nitrogens with zero attached hydrogens (tertiary/aromatic N) is 3. The highest BCUT2D eigenvalue weighted by atomic mass is 16.2. The summed E-state index contributed by atoms with van der Waals surface area (Å²) in [6, 6.07) is 7.82. The van der Waals surface area contributed by atoms with Crippen molar-refractivity contribution in [1.82, 2.24) is 9.80 Å². The fraction of sp³-hybridized carbons (Fsp3) is 0.562. The Morgan fingerprint density at radius 2 is 1.95 bits per heavy atom. The average molecular weight is 290 g/mol. The van der Waals surface area contributed by atoms with Crippen LogP contribution < -0.4 is 10.6 Å². The average Bonchev–Trinajstić information content (AvgIpc) is 2.53. The molecule has 1 saturated heterocycles. The van der Waals surface area contributed by atoms with Crippen LogP contribution in [0.2, 0.25) is 0 Å². The van der Waals surface area contributed by atoms with E-state index in [9.17, 15) is 4.79 Å². The van der Waals surface area contributed by atoms with E-state index in [1.54, 1.807) is 0 Å². The minimum absolute atomic E-state index is 0.136. The molecule has 116 valence electrons. The zero-order valence-electron chi connectivity index (χ0n) is 13.1. The van der Waals surface area contributed by atoms with Gasteiger partial charge < -0.3 is 15.5 Å². The predicted molar refractivity (Wildman–Crippen MR) is 86.8 cm³/mol. The number of hydrogen-bond acceptors (Lipinski definition) is 4. The minimum atomic E-state index is 0.136. The van der Waals surface area contributed by atoms with Crippen LogP contribution in [0.5, 0.6) is 0 Å². The van der Waals surface area contributed by atoms with Gasteiger partial charge in [0, 0.05) is 51.5 Å². The van der Waals surface area contributed by atoms with Crippen LogP contribution in [-0.4, -0.2) is 69.1 Å². The summed E-state index contributed by atoms with van der Waals surface area (Å²) >= 11 is 0. The summed E-state index contributed by atoms with van der Waals surface area (Å²) < 4.78 is 0. The number of nitrogens with two attached hydrogens (primary N) is 1. The van der Waals surface area contributed by atoms with E-state index in [-0.39, 0.29) is 5.91 Å². The maximum atomic E-state index is 12.6. The quantitative estimate of drug-likeness (QED) is 0.874. The molecule has 0 atom stereocenters. The minimum Gasteiger partial charge on any atom is -0.378 e. The van der Waals surface area contributed by atoms with E-state index in [1.165, 1.54) is 0 Å². The second kappa shape index (κ2) is 7.43. The summed E-state index contributed by atoms with van der Waals surface area (Å²) in [4.78, 5) is 18.9. The van der Waals surface area contributed by atoms with Crippen LogP contribution in [0.1, 0.15) is 16.8 Å². The standard InChI is InChI=1S/C16H26N4O/c1-18(2)15-6-3-5-14(13-15)16(21)20-11-9-19(10-12-20)8-4-7-17/h3,5-6,13H,4,7-12,17H2,1-2H3. The lowest BCUT2D eigenvalue weighted by Crippen LogP contribution is -2.49. The molecule has 1 aliphatic rings. The van der Waals surface area contributed by atoms with Crippen LogP contribution in [0.25, 0.3) is 0 Å². The highest BCUT2D eigenvalue weighted by Crippen LogP contribution is 2.16. The van der Waals surface area contributed by atoms with E-state index in [4.69, 9.17) is 5.73 Å². The second-order valence-corrected chi connectivity index (χ2v) is 5.72. The van der Waals surface area contributed by atoms with Gasteiger partial charge in [0.15, 0.2) is 0 Å². The van der Waals surface area contributed by atoms with E-state index < -0.39 is 0 Å². The first-order valence-corrected chi connectivity index (χ1v) is 7.61. The van der Waals surface area contributed by atoms with Gasteiger partial charge in [-0.25, -0.2) is 0 Å². The van der Waals surface area contributed by atoms with Crippen LogP contribution in [0.4, 0.5) is 5.69 Å². The Morgan fingerprint density at radius 1 is 1.24 bits per heavy atom. The highest BCUT2D eigenvalue weighted by Gasteiger charge is 2.21. The molecule has 1 aromatic carbocycles. The summed E-state index contributed by atoms with van der Waals surface area (Å²) in [5, 5.41) is 0. The van der Waals surface area contributed by atoms with Gasteiger partial charge in [-0.05, 0) is 37.7 Å². The first-order chi connectivity index (χ1) is 10.1. The van der Waals surface area contributed by atoms with Crippen molar-refractivity contribution in [2.75, 3.05) is 58.3 Å².